The summed E-state index contributed by atoms with van der Waals surface area (Å²) in [6.07, 6.45) is 15.9. The lowest BCUT2D eigenvalue weighted by molar-refractivity contribution is 0.362. The van der Waals surface area contributed by atoms with Crippen LogP contribution in [0.15, 0.2) is 12.8 Å². The van der Waals surface area contributed by atoms with Gasteiger partial charge >= 0.3 is 0 Å². The smallest absolute Gasteiger partial charge is 0.0143 e. The van der Waals surface area contributed by atoms with Crippen molar-refractivity contribution in [1.82, 2.24) is 5.32 Å². The molecule has 0 saturated heterocycles. The normalized spacial score (nSPS) is 12.9. The fraction of sp³-hybridized carbons (Fsp3) is 0.900. The number of unbranched alkanes of at least 4 members (excludes halogenated alkanes) is 4. The van der Waals surface area contributed by atoms with Crippen molar-refractivity contribution in [3.05, 3.63) is 12.8 Å². The molecule has 126 valence electrons. The SMILES string of the molecule is C=CNCCC(CCCCCCCC(C)C)CCC(C)C. The second-order valence-electron chi connectivity index (χ2n) is 7.52. The van der Waals surface area contributed by atoms with E-state index >= 15 is 0 Å². The molecule has 1 N–H and O–H groups in total. The van der Waals surface area contributed by atoms with Crippen molar-refractivity contribution in [2.75, 3.05) is 6.54 Å². The predicted molar refractivity (Wildman–Crippen MR) is 97.5 cm³/mol. The third-order valence-corrected chi connectivity index (χ3v) is 4.39. The number of hydrogen-bond acceptors (Lipinski definition) is 1. The van der Waals surface area contributed by atoms with Crippen molar-refractivity contribution in [3.8, 4) is 0 Å². The van der Waals surface area contributed by atoms with Crippen LogP contribution in [0.2, 0.25) is 0 Å². The topological polar surface area (TPSA) is 12.0 Å². The van der Waals surface area contributed by atoms with Crippen molar-refractivity contribution >= 4 is 0 Å². The van der Waals surface area contributed by atoms with Gasteiger partial charge in [-0.1, -0.05) is 92.1 Å². The summed E-state index contributed by atoms with van der Waals surface area (Å²) in [6.45, 7) is 14.2. The fourth-order valence-electron chi connectivity index (χ4n) is 2.91. The van der Waals surface area contributed by atoms with E-state index in [1.807, 2.05) is 6.20 Å². The third-order valence-electron chi connectivity index (χ3n) is 4.39. The molecule has 0 aliphatic rings. The van der Waals surface area contributed by atoms with Gasteiger partial charge in [0.2, 0.25) is 0 Å². The highest BCUT2D eigenvalue weighted by Gasteiger charge is 2.09. The molecule has 1 unspecified atom stereocenters. The van der Waals surface area contributed by atoms with E-state index in [1.54, 1.807) is 0 Å². The van der Waals surface area contributed by atoms with Crippen molar-refractivity contribution in [2.24, 2.45) is 17.8 Å². The van der Waals surface area contributed by atoms with E-state index in [0.29, 0.717) is 0 Å². The highest BCUT2D eigenvalue weighted by atomic mass is 14.8. The molecule has 1 heteroatoms. The van der Waals surface area contributed by atoms with E-state index in [4.69, 9.17) is 0 Å². The summed E-state index contributed by atoms with van der Waals surface area (Å²) >= 11 is 0. The number of nitrogens with one attached hydrogen (secondary N) is 1. The molecule has 0 amide bonds. The van der Waals surface area contributed by atoms with Crippen LogP contribution in [0.3, 0.4) is 0 Å². The molecule has 0 saturated carbocycles. The summed E-state index contributed by atoms with van der Waals surface area (Å²) in [6, 6.07) is 0. The van der Waals surface area contributed by atoms with Crippen LogP contribution in [0.4, 0.5) is 0 Å². The Balaban J connectivity index is 3.65. The van der Waals surface area contributed by atoms with Gasteiger partial charge in [0.25, 0.3) is 0 Å². The summed E-state index contributed by atoms with van der Waals surface area (Å²) in [7, 11) is 0. The lowest BCUT2D eigenvalue weighted by Crippen LogP contribution is -2.13. The molecule has 0 aromatic heterocycles. The Labute approximate surface area is 135 Å². The van der Waals surface area contributed by atoms with Crippen LogP contribution in [0, 0.1) is 17.8 Å². The standard InChI is InChI=1S/C20H41N/c1-6-21-17-16-20(15-14-19(4)5)13-11-9-7-8-10-12-18(2)3/h6,18-21H,1,7-17H2,2-5H3. The quantitative estimate of drug-likeness (QED) is 0.338. The highest BCUT2D eigenvalue weighted by Crippen LogP contribution is 2.22. The molecule has 0 aromatic rings. The first-order valence-electron chi connectivity index (χ1n) is 9.40. The Bertz CT molecular complexity index is 220. The molecule has 0 radical (unpaired) electrons. The minimum absolute atomic E-state index is 0.843. The molecule has 1 atom stereocenters. The second-order valence-corrected chi connectivity index (χ2v) is 7.52. The third kappa shape index (κ3) is 15.7. The van der Waals surface area contributed by atoms with Gasteiger partial charge in [0, 0.05) is 6.54 Å². The van der Waals surface area contributed by atoms with Gasteiger partial charge < -0.3 is 5.32 Å². The summed E-state index contributed by atoms with van der Waals surface area (Å²) in [5, 5.41) is 3.26. The first kappa shape index (κ1) is 20.5. The fourth-order valence-corrected chi connectivity index (χ4v) is 2.91. The first-order chi connectivity index (χ1) is 10.1. The molecular formula is C20H41N. The van der Waals surface area contributed by atoms with E-state index in [9.17, 15) is 0 Å². The van der Waals surface area contributed by atoms with Crippen molar-refractivity contribution < 1.29 is 0 Å². The number of rotatable bonds is 15. The van der Waals surface area contributed by atoms with Crippen molar-refractivity contribution in [1.29, 1.82) is 0 Å². The minimum atomic E-state index is 0.843. The van der Waals surface area contributed by atoms with Gasteiger partial charge in [-0.15, -0.1) is 0 Å². The lowest BCUT2D eigenvalue weighted by Gasteiger charge is -2.18. The summed E-state index contributed by atoms with van der Waals surface area (Å²) < 4.78 is 0. The van der Waals surface area contributed by atoms with Gasteiger partial charge in [0.1, 0.15) is 0 Å². The Morgan fingerprint density at radius 3 is 1.86 bits per heavy atom. The van der Waals surface area contributed by atoms with Crippen LogP contribution in [0.25, 0.3) is 0 Å². The van der Waals surface area contributed by atoms with E-state index in [1.165, 1.54) is 64.2 Å². The average Bonchev–Trinajstić information content (AvgIpc) is 2.42. The molecule has 0 aliphatic carbocycles. The molecule has 0 spiro atoms. The maximum atomic E-state index is 3.74. The Hall–Kier alpha value is -0.460. The maximum Gasteiger partial charge on any atom is 0.0143 e. The second kappa shape index (κ2) is 14.5. The molecule has 0 aliphatic heterocycles. The minimum Gasteiger partial charge on any atom is -0.391 e. The Morgan fingerprint density at radius 2 is 1.29 bits per heavy atom. The van der Waals surface area contributed by atoms with E-state index < -0.39 is 0 Å². The summed E-state index contributed by atoms with van der Waals surface area (Å²) in [5.74, 6) is 2.63. The van der Waals surface area contributed by atoms with Gasteiger partial charge in [-0.3, -0.25) is 0 Å². The molecule has 0 heterocycles. The highest BCUT2D eigenvalue weighted by molar-refractivity contribution is 4.67. The predicted octanol–water partition coefficient (Wildman–Crippen LogP) is 6.55. The Kier molecular flexibility index (Phi) is 14.2. The Morgan fingerprint density at radius 1 is 0.714 bits per heavy atom. The van der Waals surface area contributed by atoms with Gasteiger partial charge in [-0.25, -0.2) is 0 Å². The van der Waals surface area contributed by atoms with Gasteiger partial charge in [-0.2, -0.15) is 0 Å². The average molecular weight is 296 g/mol. The molecule has 0 aromatic carbocycles. The van der Waals surface area contributed by atoms with E-state index in [0.717, 1.165) is 24.3 Å². The monoisotopic (exact) mass is 295 g/mol. The van der Waals surface area contributed by atoms with Crippen LogP contribution >= 0.6 is 0 Å². The van der Waals surface area contributed by atoms with Crippen LogP contribution in [0.5, 0.6) is 0 Å². The number of hydrogen-bond donors (Lipinski definition) is 1. The van der Waals surface area contributed by atoms with Crippen molar-refractivity contribution in [3.63, 3.8) is 0 Å². The largest absolute Gasteiger partial charge is 0.391 e. The van der Waals surface area contributed by atoms with Crippen LogP contribution in [0.1, 0.15) is 91.9 Å². The van der Waals surface area contributed by atoms with Crippen LogP contribution in [-0.4, -0.2) is 6.54 Å². The van der Waals surface area contributed by atoms with E-state index in [2.05, 4.69) is 39.6 Å². The summed E-state index contributed by atoms with van der Waals surface area (Å²) in [4.78, 5) is 0. The molecule has 1 nitrogen and oxygen atoms in total. The molecule has 0 bridgehead atoms. The van der Waals surface area contributed by atoms with Gasteiger partial charge in [0.15, 0.2) is 0 Å². The lowest BCUT2D eigenvalue weighted by atomic mass is 9.90. The van der Waals surface area contributed by atoms with Gasteiger partial charge in [-0.05, 0) is 30.4 Å². The molecule has 0 fully saturated rings. The molecule has 0 rings (SSSR count). The van der Waals surface area contributed by atoms with E-state index in [-0.39, 0.29) is 0 Å². The maximum absolute atomic E-state index is 3.74. The zero-order valence-electron chi connectivity index (χ0n) is 15.3. The van der Waals surface area contributed by atoms with Gasteiger partial charge in [0.05, 0.1) is 0 Å². The summed E-state index contributed by atoms with van der Waals surface area (Å²) in [5.41, 5.74) is 0. The molecule has 21 heavy (non-hydrogen) atoms. The zero-order valence-corrected chi connectivity index (χ0v) is 15.3. The first-order valence-corrected chi connectivity index (χ1v) is 9.40. The van der Waals surface area contributed by atoms with Crippen LogP contribution < -0.4 is 5.32 Å². The molecular weight excluding hydrogens is 254 g/mol. The van der Waals surface area contributed by atoms with Crippen molar-refractivity contribution in [2.45, 2.75) is 91.9 Å². The zero-order chi connectivity index (χ0) is 15.9. The van der Waals surface area contributed by atoms with Crippen LogP contribution in [-0.2, 0) is 0 Å².